The van der Waals surface area contributed by atoms with E-state index in [1.807, 2.05) is 20.8 Å². The van der Waals surface area contributed by atoms with Gasteiger partial charge in [0.25, 0.3) is 5.89 Å². The predicted molar refractivity (Wildman–Crippen MR) is 75.5 cm³/mol. The van der Waals surface area contributed by atoms with E-state index in [-0.39, 0.29) is 17.6 Å². The highest BCUT2D eigenvalue weighted by atomic mass is 16.5. The lowest BCUT2D eigenvalue weighted by atomic mass is 9.97. The van der Waals surface area contributed by atoms with Crippen molar-refractivity contribution in [1.29, 1.82) is 0 Å². The molecule has 1 N–H and O–H groups in total. The summed E-state index contributed by atoms with van der Waals surface area (Å²) in [6.07, 6.45) is 0. The summed E-state index contributed by atoms with van der Waals surface area (Å²) in [5.74, 6) is 0.553. The van der Waals surface area contributed by atoms with Crippen LogP contribution in [0.5, 0.6) is 5.75 Å². The summed E-state index contributed by atoms with van der Waals surface area (Å²) in [6.45, 7) is 7.83. The average Bonchev–Trinajstić information content (AvgIpc) is 2.84. The van der Waals surface area contributed by atoms with Gasteiger partial charge in [-0.3, -0.25) is 0 Å². The fraction of sp³-hybridized carbons (Fsp3) is 0.400. The normalized spacial score (nSPS) is 11.4. The Balaban J connectivity index is 2.05. The Bertz CT molecular complexity index is 656. The molecule has 0 aliphatic carbocycles. The minimum Gasteiger partial charge on any atom is -0.484 e. The number of aromatic nitrogens is 2. The van der Waals surface area contributed by atoms with E-state index in [2.05, 4.69) is 10.2 Å². The first-order valence-electron chi connectivity index (χ1n) is 6.57. The van der Waals surface area contributed by atoms with E-state index in [1.54, 1.807) is 19.1 Å². The molecule has 0 fully saturated rings. The summed E-state index contributed by atoms with van der Waals surface area (Å²) >= 11 is 0. The molecule has 0 atom stereocenters. The molecule has 6 nitrogen and oxygen atoms in total. The molecule has 1 aromatic carbocycles. The van der Waals surface area contributed by atoms with Crippen molar-refractivity contribution in [3.63, 3.8) is 0 Å². The zero-order valence-corrected chi connectivity index (χ0v) is 12.5. The molecule has 2 rings (SSSR count). The number of carbonyl (C=O) groups is 1. The van der Waals surface area contributed by atoms with Crippen LogP contribution in [-0.2, 0) is 12.0 Å². The van der Waals surface area contributed by atoms with Crippen molar-refractivity contribution in [1.82, 2.24) is 10.2 Å². The number of ether oxygens (including phenoxy) is 1. The van der Waals surface area contributed by atoms with Crippen molar-refractivity contribution in [3.05, 3.63) is 41.1 Å². The molecule has 0 amide bonds. The number of benzene rings is 1. The van der Waals surface area contributed by atoms with E-state index < -0.39 is 5.97 Å². The molecule has 0 saturated heterocycles. The SMILES string of the molecule is Cc1cc(OCc2nnc(C(C)(C)C)o2)ccc1C(=O)O. The van der Waals surface area contributed by atoms with E-state index in [4.69, 9.17) is 14.3 Å². The van der Waals surface area contributed by atoms with Gasteiger partial charge in [0.2, 0.25) is 5.89 Å². The van der Waals surface area contributed by atoms with Crippen LogP contribution in [0.2, 0.25) is 0 Å². The van der Waals surface area contributed by atoms with E-state index in [1.165, 1.54) is 6.07 Å². The first-order chi connectivity index (χ1) is 9.77. The molecule has 1 aromatic heterocycles. The van der Waals surface area contributed by atoms with Crippen molar-refractivity contribution in [2.75, 3.05) is 0 Å². The first kappa shape index (κ1) is 15.0. The zero-order valence-electron chi connectivity index (χ0n) is 12.5. The maximum Gasteiger partial charge on any atom is 0.335 e. The van der Waals surface area contributed by atoms with Crippen LogP contribution in [0.3, 0.4) is 0 Å². The van der Waals surface area contributed by atoms with Crippen LogP contribution in [0.1, 0.15) is 48.5 Å². The lowest BCUT2D eigenvalue weighted by Gasteiger charge is -2.11. The summed E-state index contributed by atoms with van der Waals surface area (Å²) in [7, 11) is 0. The monoisotopic (exact) mass is 290 g/mol. The van der Waals surface area contributed by atoms with E-state index in [9.17, 15) is 4.79 Å². The maximum absolute atomic E-state index is 10.9. The lowest BCUT2D eigenvalue weighted by Crippen LogP contribution is -2.11. The van der Waals surface area contributed by atoms with Gasteiger partial charge in [-0.1, -0.05) is 20.8 Å². The molecule has 0 bridgehead atoms. The van der Waals surface area contributed by atoms with Gasteiger partial charge in [0.05, 0.1) is 5.56 Å². The molecule has 6 heteroatoms. The molecule has 0 radical (unpaired) electrons. The third kappa shape index (κ3) is 3.59. The Morgan fingerprint density at radius 3 is 2.57 bits per heavy atom. The van der Waals surface area contributed by atoms with Crippen LogP contribution in [0.4, 0.5) is 0 Å². The molecule has 2 aromatic rings. The van der Waals surface area contributed by atoms with Gasteiger partial charge in [-0.2, -0.15) is 0 Å². The number of carboxylic acids is 1. The lowest BCUT2D eigenvalue weighted by molar-refractivity contribution is 0.0696. The molecular weight excluding hydrogens is 272 g/mol. The van der Waals surface area contributed by atoms with Crippen molar-refractivity contribution >= 4 is 5.97 Å². The number of carboxylic acid groups (broad SMARTS) is 1. The number of nitrogens with zero attached hydrogens (tertiary/aromatic N) is 2. The number of hydrogen-bond acceptors (Lipinski definition) is 5. The highest BCUT2D eigenvalue weighted by Gasteiger charge is 2.21. The van der Waals surface area contributed by atoms with Gasteiger partial charge < -0.3 is 14.3 Å². The summed E-state index contributed by atoms with van der Waals surface area (Å²) in [4.78, 5) is 10.9. The summed E-state index contributed by atoms with van der Waals surface area (Å²) in [5.41, 5.74) is 0.696. The zero-order chi connectivity index (χ0) is 15.6. The van der Waals surface area contributed by atoms with Crippen LogP contribution < -0.4 is 4.74 Å². The second kappa shape index (κ2) is 5.55. The van der Waals surface area contributed by atoms with Crippen LogP contribution in [-0.4, -0.2) is 21.3 Å². The molecule has 0 unspecified atom stereocenters. The van der Waals surface area contributed by atoms with E-state index in [0.29, 0.717) is 23.1 Å². The second-order valence-corrected chi connectivity index (χ2v) is 5.82. The Kier molecular flexibility index (Phi) is 3.97. The van der Waals surface area contributed by atoms with Crippen LogP contribution in [0.25, 0.3) is 0 Å². The quantitative estimate of drug-likeness (QED) is 0.931. The Morgan fingerprint density at radius 2 is 2.05 bits per heavy atom. The fourth-order valence-corrected chi connectivity index (χ4v) is 1.73. The van der Waals surface area contributed by atoms with Gasteiger partial charge in [-0.05, 0) is 30.7 Å². The number of aromatic carboxylic acids is 1. The predicted octanol–water partition coefficient (Wildman–Crippen LogP) is 2.95. The van der Waals surface area contributed by atoms with Gasteiger partial charge in [0.1, 0.15) is 5.75 Å². The molecule has 21 heavy (non-hydrogen) atoms. The van der Waals surface area contributed by atoms with Crippen LogP contribution in [0, 0.1) is 6.92 Å². The van der Waals surface area contributed by atoms with Crippen molar-refractivity contribution in [3.8, 4) is 5.75 Å². The molecule has 0 aliphatic rings. The van der Waals surface area contributed by atoms with E-state index >= 15 is 0 Å². The minimum absolute atomic E-state index is 0.148. The smallest absolute Gasteiger partial charge is 0.335 e. The summed E-state index contributed by atoms with van der Waals surface area (Å²) < 4.78 is 11.1. The Morgan fingerprint density at radius 1 is 1.33 bits per heavy atom. The fourth-order valence-electron chi connectivity index (χ4n) is 1.73. The van der Waals surface area contributed by atoms with Gasteiger partial charge in [-0.15, -0.1) is 10.2 Å². The van der Waals surface area contributed by atoms with Crippen molar-refractivity contribution < 1.29 is 19.1 Å². The minimum atomic E-state index is -0.953. The second-order valence-electron chi connectivity index (χ2n) is 5.82. The van der Waals surface area contributed by atoms with Gasteiger partial charge in [-0.25, -0.2) is 4.79 Å². The van der Waals surface area contributed by atoms with E-state index in [0.717, 1.165) is 0 Å². The molecule has 0 saturated carbocycles. The average molecular weight is 290 g/mol. The Labute approximate surface area is 122 Å². The molecule has 0 aliphatic heterocycles. The number of aryl methyl sites for hydroxylation is 1. The first-order valence-corrected chi connectivity index (χ1v) is 6.57. The largest absolute Gasteiger partial charge is 0.484 e. The third-order valence-corrected chi connectivity index (χ3v) is 2.90. The summed E-state index contributed by atoms with van der Waals surface area (Å²) in [5, 5.41) is 16.9. The highest BCUT2D eigenvalue weighted by Crippen LogP contribution is 2.22. The number of hydrogen-bond donors (Lipinski definition) is 1. The third-order valence-electron chi connectivity index (χ3n) is 2.90. The van der Waals surface area contributed by atoms with Crippen LogP contribution in [0.15, 0.2) is 22.6 Å². The maximum atomic E-state index is 10.9. The van der Waals surface area contributed by atoms with Crippen molar-refractivity contribution in [2.45, 2.75) is 39.7 Å². The Hall–Kier alpha value is -2.37. The topological polar surface area (TPSA) is 85.5 Å². The van der Waals surface area contributed by atoms with Crippen LogP contribution >= 0.6 is 0 Å². The molecular formula is C15H18N2O4. The van der Waals surface area contributed by atoms with Gasteiger partial charge in [0, 0.05) is 5.41 Å². The van der Waals surface area contributed by atoms with Gasteiger partial charge in [0.15, 0.2) is 6.61 Å². The molecule has 112 valence electrons. The molecule has 1 heterocycles. The molecule has 0 spiro atoms. The summed E-state index contributed by atoms with van der Waals surface area (Å²) in [6, 6.07) is 4.80. The standard InChI is InChI=1S/C15H18N2O4/c1-9-7-10(5-6-11(9)13(18)19)20-8-12-16-17-14(21-12)15(2,3)4/h5-7H,8H2,1-4H3,(H,18,19). The number of rotatable bonds is 4. The highest BCUT2D eigenvalue weighted by molar-refractivity contribution is 5.89. The van der Waals surface area contributed by atoms with Crippen molar-refractivity contribution in [2.24, 2.45) is 0 Å². The van der Waals surface area contributed by atoms with Gasteiger partial charge >= 0.3 is 5.97 Å².